The standard InChI is InChI=1S/C22H21BClO2S/c1-21(2,25)22(3,4)26-23-19-16(24)11-10-15-18-14-8-6-5-7-13(14)9-12-17(18)27-20(15)19/h5-12,25H,1-4H3. The first-order valence-corrected chi connectivity index (χ1v) is 10.1. The van der Waals surface area contributed by atoms with Crippen molar-refractivity contribution >= 4 is 66.8 Å². The number of aliphatic hydroxyl groups is 1. The van der Waals surface area contributed by atoms with Gasteiger partial charge >= 0.3 is 7.48 Å². The zero-order valence-corrected chi connectivity index (χ0v) is 17.4. The molecule has 0 saturated carbocycles. The summed E-state index contributed by atoms with van der Waals surface area (Å²) < 4.78 is 8.32. The van der Waals surface area contributed by atoms with E-state index in [2.05, 4.69) is 42.5 Å². The van der Waals surface area contributed by atoms with Crippen LogP contribution in [0.1, 0.15) is 27.7 Å². The molecule has 4 rings (SSSR count). The van der Waals surface area contributed by atoms with Crippen LogP contribution in [0.15, 0.2) is 48.5 Å². The van der Waals surface area contributed by atoms with Crippen LogP contribution in [-0.2, 0) is 4.65 Å². The zero-order valence-electron chi connectivity index (χ0n) is 15.8. The fourth-order valence-corrected chi connectivity index (χ4v) is 4.55. The summed E-state index contributed by atoms with van der Waals surface area (Å²) >= 11 is 8.24. The number of halogens is 1. The smallest absolute Gasteiger partial charge is 0.333 e. The van der Waals surface area contributed by atoms with E-state index in [-0.39, 0.29) is 0 Å². The summed E-state index contributed by atoms with van der Waals surface area (Å²) in [7, 11) is 1.69. The van der Waals surface area contributed by atoms with E-state index >= 15 is 0 Å². The molecule has 1 radical (unpaired) electrons. The quantitative estimate of drug-likeness (QED) is 0.451. The molecular weight excluding hydrogens is 375 g/mol. The minimum Gasteiger partial charge on any atom is -0.427 e. The fourth-order valence-electron chi connectivity index (χ4n) is 3.07. The van der Waals surface area contributed by atoms with Crippen molar-refractivity contribution < 1.29 is 9.76 Å². The lowest BCUT2D eigenvalue weighted by Gasteiger charge is -2.37. The Labute approximate surface area is 169 Å². The Balaban J connectivity index is 1.89. The maximum Gasteiger partial charge on any atom is 0.333 e. The van der Waals surface area contributed by atoms with Gasteiger partial charge in [-0.1, -0.05) is 48.0 Å². The van der Waals surface area contributed by atoms with Crippen molar-refractivity contribution in [3.05, 3.63) is 53.6 Å². The van der Waals surface area contributed by atoms with Gasteiger partial charge in [-0.25, -0.2) is 0 Å². The highest BCUT2D eigenvalue weighted by atomic mass is 35.5. The molecule has 0 aliphatic rings. The van der Waals surface area contributed by atoms with E-state index in [1.165, 1.54) is 26.2 Å². The molecule has 0 bridgehead atoms. The molecule has 3 aromatic carbocycles. The molecule has 1 N–H and O–H groups in total. The third kappa shape index (κ3) is 3.15. The second-order valence-electron chi connectivity index (χ2n) is 7.90. The van der Waals surface area contributed by atoms with Gasteiger partial charge in [-0.15, -0.1) is 11.3 Å². The number of thiophene rings is 1. The average molecular weight is 396 g/mol. The molecule has 0 unspecified atom stereocenters. The third-order valence-corrected chi connectivity index (χ3v) is 6.99. The summed E-state index contributed by atoms with van der Waals surface area (Å²) in [5.41, 5.74) is -0.876. The predicted molar refractivity (Wildman–Crippen MR) is 119 cm³/mol. The molecule has 2 nitrogen and oxygen atoms in total. The van der Waals surface area contributed by atoms with Gasteiger partial charge in [-0.2, -0.15) is 0 Å². The molecular formula is C22H21BClO2S. The first-order chi connectivity index (χ1) is 12.7. The van der Waals surface area contributed by atoms with Crippen LogP contribution in [0.4, 0.5) is 0 Å². The Hall–Kier alpha value is -1.59. The largest absolute Gasteiger partial charge is 0.427 e. The Morgan fingerprint density at radius 1 is 0.963 bits per heavy atom. The first kappa shape index (κ1) is 18.8. The topological polar surface area (TPSA) is 29.5 Å². The second-order valence-corrected chi connectivity index (χ2v) is 9.36. The lowest BCUT2D eigenvalue weighted by molar-refractivity contribution is -0.0893. The molecule has 1 aromatic heterocycles. The Morgan fingerprint density at radius 3 is 2.44 bits per heavy atom. The second kappa shape index (κ2) is 6.49. The highest BCUT2D eigenvalue weighted by Crippen LogP contribution is 2.38. The van der Waals surface area contributed by atoms with Crippen molar-refractivity contribution in [2.75, 3.05) is 0 Å². The van der Waals surface area contributed by atoms with E-state index in [4.69, 9.17) is 16.3 Å². The minimum atomic E-state index is -0.986. The van der Waals surface area contributed by atoms with Gasteiger partial charge < -0.3 is 9.76 Å². The third-order valence-electron chi connectivity index (χ3n) is 5.46. The van der Waals surface area contributed by atoms with Crippen LogP contribution in [-0.4, -0.2) is 23.8 Å². The summed E-state index contributed by atoms with van der Waals surface area (Å²) in [6.45, 7) is 7.23. The van der Waals surface area contributed by atoms with Gasteiger partial charge in [-0.05, 0) is 56.1 Å². The summed E-state index contributed by atoms with van der Waals surface area (Å²) in [5, 5.41) is 15.9. The van der Waals surface area contributed by atoms with Crippen LogP contribution >= 0.6 is 22.9 Å². The molecule has 137 valence electrons. The monoisotopic (exact) mass is 395 g/mol. The maximum atomic E-state index is 10.4. The molecule has 4 aromatic rings. The van der Waals surface area contributed by atoms with Crippen molar-refractivity contribution in [1.29, 1.82) is 0 Å². The minimum absolute atomic E-state index is 0.643. The Bertz CT molecular complexity index is 1160. The molecule has 0 amide bonds. The van der Waals surface area contributed by atoms with Crippen molar-refractivity contribution in [3.63, 3.8) is 0 Å². The van der Waals surface area contributed by atoms with E-state index in [0.29, 0.717) is 5.02 Å². The lowest BCUT2D eigenvalue weighted by atomic mass is 9.82. The summed E-state index contributed by atoms with van der Waals surface area (Å²) in [6, 6.07) is 16.8. The van der Waals surface area contributed by atoms with Crippen LogP contribution in [0.3, 0.4) is 0 Å². The molecule has 27 heavy (non-hydrogen) atoms. The number of hydrogen-bond donors (Lipinski definition) is 1. The highest BCUT2D eigenvalue weighted by molar-refractivity contribution is 7.27. The first-order valence-electron chi connectivity index (χ1n) is 8.95. The normalized spacial score (nSPS) is 13.0. The van der Waals surface area contributed by atoms with Crippen LogP contribution < -0.4 is 5.46 Å². The zero-order chi connectivity index (χ0) is 19.4. The molecule has 0 atom stereocenters. The average Bonchev–Trinajstić information content (AvgIpc) is 2.99. The van der Waals surface area contributed by atoms with E-state index < -0.39 is 11.2 Å². The Morgan fingerprint density at radius 2 is 1.70 bits per heavy atom. The van der Waals surface area contributed by atoms with Gasteiger partial charge in [0.1, 0.15) is 0 Å². The van der Waals surface area contributed by atoms with Gasteiger partial charge in [-0.3, -0.25) is 0 Å². The molecule has 0 fully saturated rings. The number of fused-ring (bicyclic) bond motifs is 5. The van der Waals surface area contributed by atoms with Gasteiger partial charge in [0.15, 0.2) is 0 Å². The van der Waals surface area contributed by atoms with Crippen LogP contribution in [0.2, 0.25) is 5.02 Å². The predicted octanol–water partition coefficient (Wildman–Crippen LogP) is 5.67. The Kier molecular flexibility index (Phi) is 4.51. The van der Waals surface area contributed by atoms with Gasteiger partial charge in [0, 0.05) is 25.2 Å². The molecule has 0 aliphatic carbocycles. The number of benzene rings is 3. The van der Waals surface area contributed by atoms with Crippen LogP contribution in [0, 0.1) is 0 Å². The van der Waals surface area contributed by atoms with Gasteiger partial charge in [0.05, 0.1) is 11.2 Å². The van der Waals surface area contributed by atoms with Crippen molar-refractivity contribution in [2.24, 2.45) is 0 Å². The maximum absolute atomic E-state index is 10.4. The summed E-state index contributed by atoms with van der Waals surface area (Å²) in [5.74, 6) is 0. The number of hydrogen-bond acceptors (Lipinski definition) is 3. The van der Waals surface area contributed by atoms with E-state index in [1.807, 2.05) is 19.9 Å². The summed E-state index contributed by atoms with van der Waals surface area (Å²) in [6.07, 6.45) is 0. The number of rotatable bonds is 4. The highest BCUT2D eigenvalue weighted by Gasteiger charge is 2.36. The van der Waals surface area contributed by atoms with E-state index in [1.54, 1.807) is 32.7 Å². The molecule has 0 spiro atoms. The van der Waals surface area contributed by atoms with Crippen molar-refractivity contribution in [1.82, 2.24) is 0 Å². The molecule has 0 saturated heterocycles. The lowest BCUT2D eigenvalue weighted by Crippen LogP contribution is -2.49. The fraction of sp³-hybridized carbons (Fsp3) is 0.273. The molecule has 5 heteroatoms. The molecule has 0 aliphatic heterocycles. The van der Waals surface area contributed by atoms with E-state index in [9.17, 15) is 5.11 Å². The SMILES string of the molecule is CC(C)(O)C(C)(C)O[B]c1c(Cl)ccc2c1sc1ccc3ccccc3c12. The van der Waals surface area contributed by atoms with Crippen LogP contribution in [0.5, 0.6) is 0 Å². The van der Waals surface area contributed by atoms with Crippen LogP contribution in [0.25, 0.3) is 30.9 Å². The van der Waals surface area contributed by atoms with Gasteiger partial charge in [0.2, 0.25) is 0 Å². The van der Waals surface area contributed by atoms with Crippen molar-refractivity contribution in [3.8, 4) is 0 Å². The van der Waals surface area contributed by atoms with Crippen molar-refractivity contribution in [2.45, 2.75) is 38.9 Å². The molecule has 1 heterocycles. The van der Waals surface area contributed by atoms with Gasteiger partial charge in [0.25, 0.3) is 0 Å². The van der Waals surface area contributed by atoms with E-state index in [0.717, 1.165) is 10.2 Å². The summed E-state index contributed by atoms with van der Waals surface area (Å²) in [4.78, 5) is 0.